The summed E-state index contributed by atoms with van der Waals surface area (Å²) in [5.41, 5.74) is 6.17. The molecule has 81 heavy (non-hydrogen) atoms. The molecule has 0 spiro atoms. The average Bonchev–Trinajstić information content (AvgIpc) is 3.72. The Morgan fingerprint density at radius 2 is 1.30 bits per heavy atom. The lowest BCUT2D eigenvalue weighted by Crippen LogP contribution is -2.43. The van der Waals surface area contributed by atoms with E-state index >= 15 is 0 Å². The molecule has 1 aliphatic rings. The third-order valence-corrected chi connectivity index (χ3v) is 12.3. The summed E-state index contributed by atoms with van der Waals surface area (Å²) in [7, 11) is 1.46. The van der Waals surface area contributed by atoms with E-state index in [1.165, 1.54) is 36.1 Å². The molecular formula is C56H49F10N7O8. The Kier molecular flexibility index (Phi) is 20.8. The number of aromatic nitrogens is 4. The Labute approximate surface area is 453 Å². The molecule has 1 unspecified atom stereocenters. The van der Waals surface area contributed by atoms with Gasteiger partial charge >= 0.3 is 24.8 Å². The maximum absolute atomic E-state index is 14.8. The molecule has 0 saturated carbocycles. The normalized spacial score (nSPS) is 12.6. The number of carbonyl (C=O) groups excluding carboxylic acids is 2. The zero-order valence-electron chi connectivity index (χ0n) is 42.6. The first-order valence-electron chi connectivity index (χ1n) is 24.3. The Hall–Kier alpha value is -9.13. The predicted octanol–water partition coefficient (Wildman–Crippen LogP) is 9.27. The zero-order valence-corrected chi connectivity index (χ0v) is 42.6. The standard InChI is InChI=1S/C27H25F2N5O4.C21H18F3NO3.C7H5F2NO.CHF3/c28-21-14-20(33-7-9-38-10-8-33)15-22(29)25(21)26(35)32-23(27(36)37)13-18-4-1-3-17(11-18)12-19-5-2-6-24-30-16-31-34(19)24;1-25-17-8-3-2-7-15(17)19(21(22,23)24)16(20(25)28)12-14-6-4-5-13(11-14)9-10-18(26)27;8-4-2-1-3-5(9)6(4)7(10)11;2-1(3)4/h1-6,11,14-16,23H,7-10,12-13H2,(H,32,35)(H,36,37);2-8,11H,9-10,12H2,1H3,(H,26,27);1-3H,(H2,10,11);1H. The number of carboxylic acids is 2. The van der Waals surface area contributed by atoms with Crippen LogP contribution in [0.1, 0.15) is 66.2 Å². The summed E-state index contributed by atoms with van der Waals surface area (Å²) in [6.07, 6.45) is -2.75. The van der Waals surface area contributed by atoms with E-state index in [-0.39, 0.29) is 42.1 Å². The summed E-state index contributed by atoms with van der Waals surface area (Å²) in [6, 6.07) is 29.4. The van der Waals surface area contributed by atoms with Crippen molar-refractivity contribution in [3.05, 3.63) is 211 Å². The maximum Gasteiger partial charge on any atom is 0.417 e. The second-order valence-electron chi connectivity index (χ2n) is 17.8. The molecule has 0 bridgehead atoms. The molecule has 3 aromatic heterocycles. The molecule has 1 aliphatic heterocycles. The molecule has 5 N–H and O–H groups in total. The lowest BCUT2D eigenvalue weighted by Gasteiger charge is -2.29. The summed E-state index contributed by atoms with van der Waals surface area (Å²) in [5.74, 6) is -8.48. The van der Waals surface area contributed by atoms with Crippen molar-refractivity contribution in [2.24, 2.45) is 12.8 Å². The minimum Gasteiger partial charge on any atom is -0.481 e. The number of nitrogens with zero attached hydrogens (tertiary/aromatic N) is 5. The molecule has 426 valence electrons. The van der Waals surface area contributed by atoms with Crippen molar-refractivity contribution in [1.82, 2.24) is 24.5 Å². The molecule has 0 aliphatic carbocycles. The first kappa shape index (κ1) is 61.1. The lowest BCUT2D eigenvalue weighted by molar-refractivity contribution is -0.139. The van der Waals surface area contributed by atoms with Gasteiger partial charge in [0, 0.05) is 68.2 Å². The van der Waals surface area contributed by atoms with Crippen LogP contribution >= 0.6 is 0 Å². The Morgan fingerprint density at radius 1 is 0.728 bits per heavy atom. The number of carbonyl (C=O) groups is 4. The van der Waals surface area contributed by atoms with Crippen LogP contribution in [0.4, 0.5) is 49.6 Å². The molecule has 1 saturated heterocycles. The number of nitrogens with one attached hydrogen (secondary N) is 1. The minimum absolute atomic E-state index is 0.0193. The molecule has 5 aromatic carbocycles. The van der Waals surface area contributed by atoms with Crippen molar-refractivity contribution in [3.8, 4) is 0 Å². The molecule has 4 heterocycles. The van der Waals surface area contributed by atoms with Gasteiger partial charge in [-0.1, -0.05) is 78.9 Å². The highest BCUT2D eigenvalue weighted by molar-refractivity contribution is 5.97. The second kappa shape index (κ2) is 27.6. The number of aryl methyl sites for hydroxylation is 2. The number of aliphatic carboxylic acids is 2. The highest BCUT2D eigenvalue weighted by atomic mass is 19.4. The number of halogens is 10. The van der Waals surface area contributed by atoms with Crippen LogP contribution < -0.4 is 21.5 Å². The Morgan fingerprint density at radius 3 is 1.89 bits per heavy atom. The van der Waals surface area contributed by atoms with Gasteiger partial charge in [0.15, 0.2) is 5.65 Å². The van der Waals surface area contributed by atoms with Gasteiger partial charge in [0.2, 0.25) is 0 Å². The van der Waals surface area contributed by atoms with Crippen molar-refractivity contribution in [2.75, 3.05) is 31.2 Å². The predicted molar refractivity (Wildman–Crippen MR) is 276 cm³/mol. The second-order valence-corrected chi connectivity index (χ2v) is 17.8. The number of morpholine rings is 1. The number of primary amides is 1. The first-order chi connectivity index (χ1) is 38.4. The number of benzene rings is 5. The van der Waals surface area contributed by atoms with Crippen LogP contribution in [-0.2, 0) is 53.2 Å². The van der Waals surface area contributed by atoms with E-state index in [9.17, 15) is 73.0 Å². The van der Waals surface area contributed by atoms with E-state index in [0.717, 1.165) is 41.6 Å². The van der Waals surface area contributed by atoms with Crippen LogP contribution in [0.3, 0.4) is 0 Å². The number of anilines is 1. The van der Waals surface area contributed by atoms with E-state index < -0.39 is 88.2 Å². The Bertz CT molecular complexity index is 3560. The molecule has 2 amide bonds. The number of hydrogen-bond donors (Lipinski definition) is 4. The summed E-state index contributed by atoms with van der Waals surface area (Å²) in [6.45, 7) is -1.86. The minimum atomic E-state index is -4.68. The third-order valence-electron chi connectivity index (χ3n) is 12.3. The number of para-hydroxylation sites is 1. The van der Waals surface area contributed by atoms with E-state index in [1.54, 1.807) is 51.9 Å². The summed E-state index contributed by atoms with van der Waals surface area (Å²) < 4.78 is 134. The van der Waals surface area contributed by atoms with Crippen molar-refractivity contribution in [2.45, 2.75) is 51.0 Å². The van der Waals surface area contributed by atoms with Crippen LogP contribution in [0.2, 0.25) is 0 Å². The van der Waals surface area contributed by atoms with Gasteiger partial charge in [-0.15, -0.1) is 0 Å². The van der Waals surface area contributed by atoms with Crippen LogP contribution in [0, 0.1) is 23.3 Å². The van der Waals surface area contributed by atoms with Gasteiger partial charge in [-0.25, -0.2) is 31.9 Å². The number of carboxylic acid groups (broad SMARTS) is 2. The molecule has 25 heteroatoms. The largest absolute Gasteiger partial charge is 0.481 e. The fourth-order valence-electron chi connectivity index (χ4n) is 8.69. The summed E-state index contributed by atoms with van der Waals surface area (Å²) in [5, 5.41) is 25.0. The van der Waals surface area contributed by atoms with Crippen LogP contribution in [-0.4, -0.2) is 92.2 Å². The van der Waals surface area contributed by atoms with Crippen LogP contribution in [0.15, 0.2) is 132 Å². The van der Waals surface area contributed by atoms with Crippen molar-refractivity contribution >= 4 is 46.0 Å². The number of hydrogen-bond acceptors (Lipinski definition) is 9. The number of amides is 2. The molecule has 9 rings (SSSR count). The van der Waals surface area contributed by atoms with Gasteiger partial charge in [0.05, 0.1) is 24.3 Å². The maximum atomic E-state index is 14.8. The topological polar surface area (TPSA) is 211 Å². The van der Waals surface area contributed by atoms with E-state index in [2.05, 4.69) is 15.4 Å². The van der Waals surface area contributed by atoms with E-state index in [1.807, 2.05) is 30.3 Å². The van der Waals surface area contributed by atoms with E-state index in [4.69, 9.17) is 15.6 Å². The quantitative estimate of drug-likeness (QED) is 0.0754. The first-order valence-corrected chi connectivity index (χ1v) is 24.3. The molecule has 1 fully saturated rings. The number of fused-ring (bicyclic) bond motifs is 2. The third kappa shape index (κ3) is 16.5. The lowest BCUT2D eigenvalue weighted by atomic mass is 9.95. The SMILES string of the molecule is Cn1c(=O)c(Cc2cccc(CCC(=O)O)c2)c(C(F)(F)F)c2ccccc21.FC(F)F.NC(=O)c1c(F)cccc1F.O=C(NC(Cc1cccc(Cc2cccc3ncnn23)c1)C(=O)O)c1c(F)cc(N2CCOCC2)cc1F. The van der Waals surface area contributed by atoms with Crippen molar-refractivity contribution < 1.29 is 78.0 Å². The van der Waals surface area contributed by atoms with Gasteiger partial charge < -0.3 is 35.5 Å². The number of alkyl halides is 6. The van der Waals surface area contributed by atoms with Gasteiger partial charge in [0.1, 0.15) is 46.8 Å². The summed E-state index contributed by atoms with van der Waals surface area (Å²) >= 11 is 0. The molecular weight excluding hydrogens is 1090 g/mol. The highest BCUT2D eigenvalue weighted by Crippen LogP contribution is 2.37. The summed E-state index contributed by atoms with van der Waals surface area (Å²) in [4.78, 5) is 64.5. The monoisotopic (exact) mass is 1140 g/mol. The molecule has 0 radical (unpaired) electrons. The number of pyridine rings is 2. The smallest absolute Gasteiger partial charge is 0.417 e. The van der Waals surface area contributed by atoms with Crippen molar-refractivity contribution in [3.63, 3.8) is 0 Å². The highest BCUT2D eigenvalue weighted by Gasteiger charge is 2.37. The van der Waals surface area contributed by atoms with E-state index in [0.29, 0.717) is 60.7 Å². The molecule has 1 atom stereocenters. The molecule has 15 nitrogen and oxygen atoms in total. The van der Waals surface area contributed by atoms with Crippen molar-refractivity contribution in [1.29, 1.82) is 0 Å². The number of ether oxygens (including phenoxy) is 1. The van der Waals surface area contributed by atoms with Crippen LogP contribution in [0.5, 0.6) is 0 Å². The van der Waals surface area contributed by atoms with Gasteiger partial charge in [-0.3, -0.25) is 19.2 Å². The number of nitrogens with two attached hydrogens (primary N) is 1. The van der Waals surface area contributed by atoms with Gasteiger partial charge in [0.25, 0.3) is 17.4 Å². The zero-order chi connectivity index (χ0) is 59.1. The number of rotatable bonds is 14. The molecule has 8 aromatic rings. The van der Waals surface area contributed by atoms with Gasteiger partial charge in [-0.2, -0.15) is 31.4 Å². The van der Waals surface area contributed by atoms with Gasteiger partial charge in [-0.05, 0) is 71.1 Å². The fraction of sp³-hybridized carbons (Fsp3) is 0.232. The average molecular weight is 1140 g/mol. The van der Waals surface area contributed by atoms with Crippen LogP contribution in [0.25, 0.3) is 16.6 Å². The Balaban J connectivity index is 0.000000214. The fourth-order valence-corrected chi connectivity index (χ4v) is 8.69.